The van der Waals surface area contributed by atoms with Crippen molar-refractivity contribution in [3.05, 3.63) is 188 Å². The van der Waals surface area contributed by atoms with Crippen LogP contribution >= 0.6 is 11.3 Å². The first-order chi connectivity index (χ1) is 25.3. The minimum atomic E-state index is 0.862. The van der Waals surface area contributed by atoms with Gasteiger partial charge in [-0.05, 0) is 70.3 Å². The minimum absolute atomic E-state index is 0.862. The molecule has 240 valence electrons. The van der Waals surface area contributed by atoms with Crippen molar-refractivity contribution in [3.8, 4) is 33.4 Å². The number of anilines is 3. The van der Waals surface area contributed by atoms with E-state index >= 15 is 0 Å². The largest absolute Gasteiger partial charge is 0.454 e. The molecule has 8 aromatic carbocycles. The molecule has 0 aliphatic carbocycles. The van der Waals surface area contributed by atoms with E-state index < -0.39 is 0 Å². The number of hydrogen-bond donors (Lipinski definition) is 0. The highest BCUT2D eigenvalue weighted by molar-refractivity contribution is 7.25. The van der Waals surface area contributed by atoms with Crippen LogP contribution in [0, 0.1) is 0 Å². The predicted molar refractivity (Wildman–Crippen MR) is 218 cm³/mol. The van der Waals surface area contributed by atoms with Crippen molar-refractivity contribution in [3.63, 3.8) is 0 Å². The van der Waals surface area contributed by atoms with Crippen LogP contribution in [0.5, 0.6) is 0 Å². The zero-order chi connectivity index (χ0) is 33.7. The highest BCUT2D eigenvalue weighted by Crippen LogP contribution is 2.51. The highest BCUT2D eigenvalue weighted by Gasteiger charge is 2.25. The smallest absolute Gasteiger partial charge is 0.159 e. The summed E-state index contributed by atoms with van der Waals surface area (Å²) in [6.07, 6.45) is 0. The molecule has 0 atom stereocenters. The molecule has 2 heterocycles. The van der Waals surface area contributed by atoms with Crippen LogP contribution in [0.15, 0.2) is 192 Å². The molecule has 0 saturated carbocycles. The van der Waals surface area contributed by atoms with Crippen LogP contribution in [-0.2, 0) is 0 Å². The van der Waals surface area contributed by atoms with Crippen molar-refractivity contribution in [2.75, 3.05) is 4.90 Å². The summed E-state index contributed by atoms with van der Waals surface area (Å²) in [5.41, 5.74) is 12.0. The molecule has 3 heteroatoms. The van der Waals surface area contributed by atoms with E-state index in [4.69, 9.17) is 4.42 Å². The molecule has 51 heavy (non-hydrogen) atoms. The van der Waals surface area contributed by atoms with Crippen LogP contribution in [0.25, 0.3) is 75.5 Å². The van der Waals surface area contributed by atoms with Crippen LogP contribution in [0.4, 0.5) is 17.1 Å². The van der Waals surface area contributed by atoms with Crippen molar-refractivity contribution in [2.45, 2.75) is 0 Å². The van der Waals surface area contributed by atoms with Crippen LogP contribution in [0.1, 0.15) is 0 Å². The molecule has 0 spiro atoms. The van der Waals surface area contributed by atoms with Gasteiger partial charge in [0.2, 0.25) is 0 Å². The quantitative estimate of drug-likeness (QED) is 0.175. The van der Waals surface area contributed by atoms with E-state index in [9.17, 15) is 0 Å². The van der Waals surface area contributed by atoms with Crippen LogP contribution in [0.2, 0.25) is 0 Å². The lowest BCUT2D eigenvalue weighted by Crippen LogP contribution is -2.12. The third kappa shape index (κ3) is 4.93. The maximum absolute atomic E-state index is 6.74. The Morgan fingerprint density at radius 1 is 0.392 bits per heavy atom. The standard InChI is InChI=1S/C48H31NOS/c1-3-14-32(15-4-1)33-28-30-35(31-29-33)49(42-24-12-21-38-37-18-7-9-25-43(37)50-48(38)42)41-23-11-20-36(34-16-5-2-6-17-34)46(41)40-22-13-27-45-47(40)39-19-8-10-26-44(39)51-45/h1-31H. The van der Waals surface area contributed by atoms with Gasteiger partial charge in [0, 0.05) is 42.2 Å². The van der Waals surface area contributed by atoms with Crippen molar-refractivity contribution in [1.82, 2.24) is 0 Å². The molecule has 2 aromatic heterocycles. The molecule has 0 amide bonds. The Hall–Kier alpha value is -6.42. The average molecular weight is 670 g/mol. The van der Waals surface area contributed by atoms with E-state index in [2.05, 4.69) is 187 Å². The molecule has 0 unspecified atom stereocenters. The van der Waals surface area contributed by atoms with Gasteiger partial charge in [0.05, 0.1) is 11.4 Å². The predicted octanol–water partition coefficient (Wildman–Crippen LogP) is 14.4. The maximum atomic E-state index is 6.74. The second kappa shape index (κ2) is 12.2. The fourth-order valence-corrected chi connectivity index (χ4v) is 8.73. The normalized spacial score (nSPS) is 11.5. The molecule has 10 aromatic rings. The fraction of sp³-hybridized carbons (Fsp3) is 0. The maximum Gasteiger partial charge on any atom is 0.159 e. The number of benzene rings is 8. The van der Waals surface area contributed by atoms with E-state index in [1.807, 2.05) is 17.4 Å². The van der Waals surface area contributed by atoms with E-state index in [-0.39, 0.29) is 0 Å². The summed E-state index contributed by atoms with van der Waals surface area (Å²) in [6, 6.07) is 67.4. The first-order valence-corrected chi connectivity index (χ1v) is 18.1. The Balaban J connectivity index is 1.31. The minimum Gasteiger partial charge on any atom is -0.454 e. The van der Waals surface area contributed by atoms with Gasteiger partial charge in [0.15, 0.2) is 5.58 Å². The second-order valence-corrected chi connectivity index (χ2v) is 13.9. The summed E-state index contributed by atoms with van der Waals surface area (Å²) in [5, 5.41) is 4.77. The molecular weight excluding hydrogens is 639 g/mol. The fourth-order valence-electron chi connectivity index (χ4n) is 7.60. The third-order valence-electron chi connectivity index (χ3n) is 9.90. The molecule has 0 saturated heterocycles. The molecule has 0 radical (unpaired) electrons. The lowest BCUT2D eigenvalue weighted by Gasteiger charge is -2.29. The Kier molecular flexibility index (Phi) is 7.04. The number of furan rings is 1. The monoisotopic (exact) mass is 669 g/mol. The van der Waals surface area contributed by atoms with Crippen molar-refractivity contribution in [1.29, 1.82) is 0 Å². The lowest BCUT2D eigenvalue weighted by atomic mass is 9.89. The first kappa shape index (κ1) is 29.5. The van der Waals surface area contributed by atoms with E-state index in [0.29, 0.717) is 0 Å². The number of hydrogen-bond acceptors (Lipinski definition) is 3. The Bertz CT molecular complexity index is 2850. The summed E-state index contributed by atoms with van der Waals surface area (Å²) in [6.45, 7) is 0. The van der Waals surface area contributed by atoms with Gasteiger partial charge in [0.25, 0.3) is 0 Å². The topological polar surface area (TPSA) is 16.4 Å². The average Bonchev–Trinajstić information content (AvgIpc) is 3.78. The van der Waals surface area contributed by atoms with E-state index in [1.54, 1.807) is 0 Å². The van der Waals surface area contributed by atoms with Crippen LogP contribution in [-0.4, -0.2) is 0 Å². The Morgan fingerprint density at radius 2 is 0.980 bits per heavy atom. The summed E-state index contributed by atoms with van der Waals surface area (Å²) < 4.78 is 9.31. The van der Waals surface area contributed by atoms with Gasteiger partial charge >= 0.3 is 0 Å². The van der Waals surface area contributed by atoms with E-state index in [1.165, 1.54) is 53.6 Å². The zero-order valence-electron chi connectivity index (χ0n) is 27.7. The Labute approximate surface area is 300 Å². The summed E-state index contributed by atoms with van der Waals surface area (Å²) in [5.74, 6) is 0. The highest BCUT2D eigenvalue weighted by atomic mass is 32.1. The van der Waals surface area contributed by atoms with Crippen molar-refractivity contribution < 1.29 is 4.42 Å². The number of para-hydroxylation sites is 2. The molecular formula is C48H31NOS. The second-order valence-electron chi connectivity index (χ2n) is 12.8. The summed E-state index contributed by atoms with van der Waals surface area (Å²) in [4.78, 5) is 2.40. The molecule has 0 fully saturated rings. The van der Waals surface area contributed by atoms with Crippen LogP contribution in [0.3, 0.4) is 0 Å². The van der Waals surface area contributed by atoms with Gasteiger partial charge in [-0.15, -0.1) is 11.3 Å². The Morgan fingerprint density at radius 3 is 1.80 bits per heavy atom. The molecule has 10 rings (SSSR count). The number of nitrogens with zero attached hydrogens (tertiary/aromatic N) is 1. The first-order valence-electron chi connectivity index (χ1n) is 17.3. The van der Waals surface area contributed by atoms with Crippen molar-refractivity contribution in [2.24, 2.45) is 0 Å². The number of fused-ring (bicyclic) bond motifs is 6. The molecule has 0 N–H and O–H groups in total. The van der Waals surface area contributed by atoms with Gasteiger partial charge in [-0.3, -0.25) is 0 Å². The zero-order valence-corrected chi connectivity index (χ0v) is 28.5. The molecule has 0 bridgehead atoms. The summed E-state index contributed by atoms with van der Waals surface area (Å²) >= 11 is 1.85. The van der Waals surface area contributed by atoms with Crippen LogP contribution < -0.4 is 4.90 Å². The molecule has 0 aliphatic rings. The summed E-state index contributed by atoms with van der Waals surface area (Å²) in [7, 11) is 0. The number of thiophene rings is 1. The van der Waals surface area contributed by atoms with E-state index in [0.717, 1.165) is 39.0 Å². The third-order valence-corrected chi connectivity index (χ3v) is 11.0. The SMILES string of the molecule is c1ccc(-c2ccc(N(c3cccc(-c4ccccc4)c3-c3cccc4sc5ccccc5c34)c3cccc4c3oc3ccccc34)cc2)cc1. The van der Waals surface area contributed by atoms with Gasteiger partial charge in [-0.25, -0.2) is 0 Å². The van der Waals surface area contributed by atoms with Crippen molar-refractivity contribution >= 4 is 70.5 Å². The lowest BCUT2D eigenvalue weighted by molar-refractivity contribution is 0.669. The number of rotatable bonds is 6. The van der Waals surface area contributed by atoms with Gasteiger partial charge in [-0.2, -0.15) is 0 Å². The molecule has 0 aliphatic heterocycles. The van der Waals surface area contributed by atoms with Gasteiger partial charge in [0.1, 0.15) is 5.58 Å². The van der Waals surface area contributed by atoms with Gasteiger partial charge in [-0.1, -0.05) is 146 Å². The molecule has 2 nitrogen and oxygen atoms in total. The van der Waals surface area contributed by atoms with Gasteiger partial charge < -0.3 is 9.32 Å².